The van der Waals surface area contributed by atoms with Gasteiger partial charge >= 0.3 is 5.97 Å². The molecule has 1 unspecified atom stereocenters. The smallest absolute Gasteiger partial charge is 0.308 e. The predicted octanol–water partition coefficient (Wildman–Crippen LogP) is 2.08. The third kappa shape index (κ3) is 2.53. The molecule has 1 amide bonds. The first-order valence-electron chi connectivity index (χ1n) is 6.24. The maximum atomic E-state index is 11.9. The van der Waals surface area contributed by atoms with E-state index in [1.807, 2.05) is 24.3 Å². The van der Waals surface area contributed by atoms with Gasteiger partial charge < -0.3 is 10.0 Å². The molecule has 1 fully saturated rings. The largest absolute Gasteiger partial charge is 0.481 e. The minimum atomic E-state index is -0.820. The molecule has 1 aliphatic heterocycles. The second-order valence-corrected chi connectivity index (χ2v) is 4.60. The number of anilines is 1. The number of carbonyl (C=O) groups is 2. The molecule has 1 aromatic carbocycles. The average Bonchev–Trinajstić information content (AvgIpc) is 2.39. The third-order valence-electron chi connectivity index (χ3n) is 3.39. The predicted molar refractivity (Wildman–Crippen MR) is 68.5 cm³/mol. The van der Waals surface area contributed by atoms with E-state index >= 15 is 0 Å². The number of piperidine rings is 1. The Balaban J connectivity index is 2.23. The Morgan fingerprint density at radius 1 is 1.50 bits per heavy atom. The summed E-state index contributed by atoms with van der Waals surface area (Å²) in [6, 6.07) is 7.74. The van der Waals surface area contributed by atoms with Crippen molar-refractivity contribution >= 4 is 17.6 Å². The van der Waals surface area contributed by atoms with Gasteiger partial charge in [0.25, 0.3) is 0 Å². The van der Waals surface area contributed by atoms with Crippen LogP contribution in [0.3, 0.4) is 0 Å². The van der Waals surface area contributed by atoms with E-state index in [-0.39, 0.29) is 12.5 Å². The zero-order chi connectivity index (χ0) is 13.1. The highest BCUT2D eigenvalue weighted by molar-refractivity contribution is 5.95. The lowest BCUT2D eigenvalue weighted by molar-refractivity contribution is -0.142. The summed E-state index contributed by atoms with van der Waals surface area (Å²) in [6.45, 7) is 2.33. The Kier molecular flexibility index (Phi) is 3.65. The first kappa shape index (κ1) is 12.6. The Bertz CT molecular complexity index is 470. The van der Waals surface area contributed by atoms with Crippen molar-refractivity contribution in [2.45, 2.75) is 26.2 Å². The molecule has 0 saturated carbocycles. The van der Waals surface area contributed by atoms with Crippen LogP contribution in [0.2, 0.25) is 0 Å². The molecule has 1 N–H and O–H groups in total. The van der Waals surface area contributed by atoms with Crippen molar-refractivity contribution in [1.29, 1.82) is 0 Å². The molecule has 1 saturated heterocycles. The summed E-state index contributed by atoms with van der Waals surface area (Å²) in [4.78, 5) is 24.5. The van der Waals surface area contributed by atoms with Gasteiger partial charge in [-0.1, -0.05) is 19.1 Å². The summed E-state index contributed by atoms with van der Waals surface area (Å²) >= 11 is 0. The molecule has 0 radical (unpaired) electrons. The van der Waals surface area contributed by atoms with Gasteiger partial charge in [-0.05, 0) is 30.5 Å². The Hall–Kier alpha value is -1.84. The van der Waals surface area contributed by atoms with Gasteiger partial charge in [0, 0.05) is 18.7 Å². The number of benzene rings is 1. The van der Waals surface area contributed by atoms with Crippen molar-refractivity contribution < 1.29 is 14.7 Å². The minimum absolute atomic E-state index is 0.0146. The molecule has 0 spiro atoms. The fourth-order valence-corrected chi connectivity index (χ4v) is 2.24. The van der Waals surface area contributed by atoms with Crippen molar-refractivity contribution in [3.05, 3.63) is 29.8 Å². The van der Waals surface area contributed by atoms with Gasteiger partial charge in [0.2, 0.25) is 5.91 Å². The number of aliphatic carboxylic acids is 1. The van der Waals surface area contributed by atoms with Crippen LogP contribution in [0.1, 0.15) is 25.3 Å². The van der Waals surface area contributed by atoms with Gasteiger partial charge in [0.1, 0.15) is 0 Å². The maximum absolute atomic E-state index is 11.9. The van der Waals surface area contributed by atoms with E-state index in [9.17, 15) is 9.59 Å². The van der Waals surface area contributed by atoms with Crippen molar-refractivity contribution in [3.8, 4) is 0 Å². The number of aryl methyl sites for hydroxylation is 1. The van der Waals surface area contributed by atoms with E-state index in [2.05, 4.69) is 6.92 Å². The number of carboxylic acids is 1. The summed E-state index contributed by atoms with van der Waals surface area (Å²) < 4.78 is 0. The number of carboxylic acid groups (broad SMARTS) is 1. The van der Waals surface area contributed by atoms with Gasteiger partial charge in [-0.3, -0.25) is 9.59 Å². The number of rotatable bonds is 3. The fourth-order valence-electron chi connectivity index (χ4n) is 2.24. The first-order valence-corrected chi connectivity index (χ1v) is 6.24. The molecule has 1 aromatic rings. The highest BCUT2D eigenvalue weighted by Gasteiger charge is 2.30. The number of carbonyl (C=O) groups excluding carboxylic acids is 1. The summed E-state index contributed by atoms with van der Waals surface area (Å²) in [7, 11) is 0. The van der Waals surface area contributed by atoms with Gasteiger partial charge in [-0.2, -0.15) is 0 Å². The summed E-state index contributed by atoms with van der Waals surface area (Å²) in [5.41, 5.74) is 1.96. The van der Waals surface area contributed by atoms with Crippen LogP contribution in [0.4, 0.5) is 5.69 Å². The lowest BCUT2D eigenvalue weighted by Gasteiger charge is -2.30. The highest BCUT2D eigenvalue weighted by Crippen LogP contribution is 2.25. The van der Waals surface area contributed by atoms with E-state index in [0.717, 1.165) is 17.7 Å². The quantitative estimate of drug-likeness (QED) is 0.889. The molecule has 0 aliphatic carbocycles. The lowest BCUT2D eigenvalue weighted by Crippen LogP contribution is -2.42. The second-order valence-electron chi connectivity index (χ2n) is 4.60. The van der Waals surface area contributed by atoms with Crippen molar-refractivity contribution in [3.63, 3.8) is 0 Å². The van der Waals surface area contributed by atoms with Crippen LogP contribution in [-0.2, 0) is 16.0 Å². The molecule has 0 aromatic heterocycles. The number of hydrogen-bond acceptors (Lipinski definition) is 2. The van der Waals surface area contributed by atoms with E-state index in [1.54, 1.807) is 4.90 Å². The maximum Gasteiger partial charge on any atom is 0.308 e. The zero-order valence-corrected chi connectivity index (χ0v) is 10.4. The third-order valence-corrected chi connectivity index (χ3v) is 3.39. The molecule has 96 valence electrons. The molecule has 1 heterocycles. The van der Waals surface area contributed by atoms with Crippen LogP contribution in [0.5, 0.6) is 0 Å². The monoisotopic (exact) mass is 247 g/mol. The second kappa shape index (κ2) is 5.21. The molecular weight excluding hydrogens is 230 g/mol. The summed E-state index contributed by atoms with van der Waals surface area (Å²) in [6.07, 6.45) is 1.66. The van der Waals surface area contributed by atoms with E-state index in [4.69, 9.17) is 5.11 Å². The molecule has 18 heavy (non-hydrogen) atoms. The van der Waals surface area contributed by atoms with Crippen LogP contribution in [0.25, 0.3) is 0 Å². The fraction of sp³-hybridized carbons (Fsp3) is 0.429. The summed E-state index contributed by atoms with van der Waals surface area (Å²) in [5, 5.41) is 9.05. The van der Waals surface area contributed by atoms with E-state index in [1.165, 1.54) is 0 Å². The lowest BCUT2D eigenvalue weighted by atomic mass is 9.97. The Morgan fingerprint density at radius 3 is 2.94 bits per heavy atom. The standard InChI is InChI=1S/C14H17NO3/c1-2-10-4-3-5-12(8-10)15-9-11(14(17)18)6-7-13(15)16/h3-5,8,11H,2,6-7,9H2,1H3,(H,17,18). The van der Waals surface area contributed by atoms with Crippen LogP contribution < -0.4 is 4.90 Å². The van der Waals surface area contributed by atoms with Gasteiger partial charge in [0.15, 0.2) is 0 Å². The zero-order valence-electron chi connectivity index (χ0n) is 10.4. The molecular formula is C14H17NO3. The number of hydrogen-bond donors (Lipinski definition) is 1. The van der Waals surface area contributed by atoms with E-state index in [0.29, 0.717) is 12.8 Å². The van der Waals surface area contributed by atoms with Crippen molar-refractivity contribution in [2.75, 3.05) is 11.4 Å². The first-order chi connectivity index (χ1) is 8.61. The van der Waals surface area contributed by atoms with Crippen LogP contribution in [0.15, 0.2) is 24.3 Å². The van der Waals surface area contributed by atoms with Gasteiger partial charge in [0.05, 0.1) is 5.92 Å². The van der Waals surface area contributed by atoms with Crippen molar-refractivity contribution in [1.82, 2.24) is 0 Å². The molecule has 4 nitrogen and oxygen atoms in total. The number of nitrogens with zero attached hydrogens (tertiary/aromatic N) is 1. The number of amides is 1. The Morgan fingerprint density at radius 2 is 2.28 bits per heavy atom. The van der Waals surface area contributed by atoms with E-state index < -0.39 is 11.9 Å². The molecule has 1 aliphatic rings. The van der Waals surface area contributed by atoms with Gasteiger partial charge in [-0.15, -0.1) is 0 Å². The molecule has 1 atom stereocenters. The topological polar surface area (TPSA) is 57.6 Å². The highest BCUT2D eigenvalue weighted by atomic mass is 16.4. The van der Waals surface area contributed by atoms with Crippen LogP contribution in [0, 0.1) is 5.92 Å². The van der Waals surface area contributed by atoms with Crippen LogP contribution >= 0.6 is 0 Å². The van der Waals surface area contributed by atoms with Gasteiger partial charge in [-0.25, -0.2) is 0 Å². The van der Waals surface area contributed by atoms with Crippen molar-refractivity contribution in [2.24, 2.45) is 5.92 Å². The Labute approximate surface area is 106 Å². The SMILES string of the molecule is CCc1cccc(N2CC(C(=O)O)CCC2=O)c1. The summed E-state index contributed by atoms with van der Waals surface area (Å²) in [5.74, 6) is -1.26. The average molecular weight is 247 g/mol. The molecule has 0 bridgehead atoms. The minimum Gasteiger partial charge on any atom is -0.481 e. The normalized spacial score (nSPS) is 19.9. The van der Waals surface area contributed by atoms with Crippen LogP contribution in [-0.4, -0.2) is 23.5 Å². The molecule has 4 heteroatoms. The molecule has 2 rings (SSSR count).